The Hall–Kier alpha value is -3.39. The van der Waals surface area contributed by atoms with Crippen LogP contribution in [0.3, 0.4) is 0 Å². The number of carbonyl (C=O) groups is 1. The molecule has 0 radical (unpaired) electrons. The Morgan fingerprint density at radius 3 is 2.67 bits per heavy atom. The van der Waals surface area contributed by atoms with Gasteiger partial charge in [0.15, 0.2) is 0 Å². The van der Waals surface area contributed by atoms with E-state index in [2.05, 4.69) is 15.5 Å². The average Bonchev–Trinajstić information content (AvgIpc) is 3.26. The van der Waals surface area contributed by atoms with Crippen LogP contribution < -0.4 is 10.1 Å². The fraction of sp³-hybridized carbons (Fsp3) is 0.273. The van der Waals surface area contributed by atoms with Gasteiger partial charge in [-0.3, -0.25) is 5.10 Å². The molecule has 0 fully saturated rings. The number of H-pyrrole nitrogens is 1. The molecule has 0 saturated heterocycles. The van der Waals surface area contributed by atoms with Gasteiger partial charge in [0.25, 0.3) is 0 Å². The molecule has 1 aromatic heterocycles. The first-order valence-electron chi connectivity index (χ1n) is 9.58. The molecule has 2 aromatic carbocycles. The zero-order chi connectivity index (χ0) is 21.5. The van der Waals surface area contributed by atoms with E-state index in [-0.39, 0.29) is 11.8 Å². The summed E-state index contributed by atoms with van der Waals surface area (Å²) in [5.74, 6) is 0.220. The van der Waals surface area contributed by atoms with Gasteiger partial charge in [0.2, 0.25) is 0 Å². The lowest BCUT2D eigenvalue weighted by Crippen LogP contribution is -2.39. The molecule has 8 heteroatoms. The first-order valence-corrected chi connectivity index (χ1v) is 9.58. The van der Waals surface area contributed by atoms with Gasteiger partial charge < -0.3 is 19.9 Å². The van der Waals surface area contributed by atoms with E-state index < -0.39 is 0 Å². The Morgan fingerprint density at radius 2 is 2.00 bits per heavy atom. The molecular weight excluding hydrogens is 385 g/mol. The standard InChI is InChI=1S/C22H26FN5O2/c1-27(2)9-10-28(15-16-5-4-6-19(23)11-16)22(29)26-20-8-7-17(12-21(20)30-3)18-13-24-25-14-18/h4-8,11-14H,9-10,15H2,1-3H3,(H,24,25)(H,26,29). The van der Waals surface area contributed by atoms with E-state index in [4.69, 9.17) is 4.74 Å². The second-order valence-corrected chi connectivity index (χ2v) is 7.19. The minimum absolute atomic E-state index is 0.282. The molecular formula is C22H26FN5O2. The van der Waals surface area contributed by atoms with Crippen LogP contribution in [0.1, 0.15) is 5.56 Å². The predicted octanol–water partition coefficient (Wildman–Crippen LogP) is 3.82. The van der Waals surface area contributed by atoms with E-state index in [0.717, 1.165) is 16.7 Å². The van der Waals surface area contributed by atoms with Crippen molar-refractivity contribution >= 4 is 11.7 Å². The van der Waals surface area contributed by atoms with Crippen molar-refractivity contribution in [2.24, 2.45) is 0 Å². The molecule has 158 valence electrons. The van der Waals surface area contributed by atoms with Gasteiger partial charge in [0.1, 0.15) is 11.6 Å². The fourth-order valence-electron chi connectivity index (χ4n) is 3.01. The first-order chi connectivity index (χ1) is 14.5. The van der Waals surface area contributed by atoms with Crippen molar-refractivity contribution in [1.29, 1.82) is 0 Å². The smallest absolute Gasteiger partial charge is 0.322 e. The molecule has 0 spiro atoms. The molecule has 0 aliphatic rings. The van der Waals surface area contributed by atoms with Gasteiger partial charge in [0.05, 0.1) is 19.0 Å². The number of nitrogens with one attached hydrogen (secondary N) is 2. The van der Waals surface area contributed by atoms with Crippen LogP contribution in [0.5, 0.6) is 5.75 Å². The number of aromatic amines is 1. The Bertz CT molecular complexity index is 975. The maximum atomic E-state index is 13.6. The summed E-state index contributed by atoms with van der Waals surface area (Å²) in [5.41, 5.74) is 3.13. The molecule has 2 amide bonds. The molecule has 3 aromatic rings. The average molecular weight is 411 g/mol. The predicted molar refractivity (Wildman–Crippen MR) is 115 cm³/mol. The molecule has 30 heavy (non-hydrogen) atoms. The van der Waals surface area contributed by atoms with Crippen molar-refractivity contribution in [3.63, 3.8) is 0 Å². The second-order valence-electron chi connectivity index (χ2n) is 7.19. The maximum absolute atomic E-state index is 13.6. The zero-order valence-electron chi connectivity index (χ0n) is 17.4. The third-order valence-electron chi connectivity index (χ3n) is 4.64. The van der Waals surface area contributed by atoms with Gasteiger partial charge in [-0.15, -0.1) is 0 Å². The molecule has 0 saturated carbocycles. The van der Waals surface area contributed by atoms with Crippen molar-refractivity contribution in [3.05, 3.63) is 66.2 Å². The fourth-order valence-corrected chi connectivity index (χ4v) is 3.01. The molecule has 0 unspecified atom stereocenters. The topological polar surface area (TPSA) is 73.5 Å². The number of anilines is 1. The number of benzene rings is 2. The zero-order valence-corrected chi connectivity index (χ0v) is 17.4. The molecule has 0 atom stereocenters. The second kappa shape index (κ2) is 9.89. The summed E-state index contributed by atoms with van der Waals surface area (Å²) in [7, 11) is 5.44. The van der Waals surface area contributed by atoms with Crippen molar-refractivity contribution in [2.45, 2.75) is 6.54 Å². The van der Waals surface area contributed by atoms with Crippen molar-refractivity contribution < 1.29 is 13.9 Å². The molecule has 0 aliphatic heterocycles. The Morgan fingerprint density at radius 1 is 1.17 bits per heavy atom. The molecule has 3 rings (SSSR count). The number of likely N-dealkylation sites (N-methyl/N-ethyl adjacent to an activating group) is 1. The number of urea groups is 1. The van der Waals surface area contributed by atoms with E-state index in [1.165, 1.54) is 12.1 Å². The normalized spacial score (nSPS) is 10.8. The van der Waals surface area contributed by atoms with Crippen LogP contribution in [0, 0.1) is 5.82 Å². The first kappa shape index (κ1) is 21.3. The number of rotatable bonds is 8. The number of hydrogen-bond acceptors (Lipinski definition) is 4. The third kappa shape index (κ3) is 5.57. The quantitative estimate of drug-likeness (QED) is 0.591. The molecule has 0 bridgehead atoms. The van der Waals surface area contributed by atoms with E-state index in [9.17, 15) is 9.18 Å². The van der Waals surface area contributed by atoms with Gasteiger partial charge >= 0.3 is 6.03 Å². The number of aromatic nitrogens is 2. The highest BCUT2D eigenvalue weighted by atomic mass is 19.1. The Balaban J connectivity index is 1.78. The van der Waals surface area contributed by atoms with Crippen LogP contribution in [-0.4, -0.2) is 60.3 Å². The molecule has 7 nitrogen and oxygen atoms in total. The maximum Gasteiger partial charge on any atom is 0.322 e. The summed E-state index contributed by atoms with van der Waals surface area (Å²) in [4.78, 5) is 16.7. The molecule has 0 aliphatic carbocycles. The Kier molecular flexibility index (Phi) is 7.03. The number of amides is 2. The monoisotopic (exact) mass is 411 g/mol. The van der Waals surface area contributed by atoms with E-state index in [0.29, 0.717) is 31.1 Å². The van der Waals surface area contributed by atoms with Crippen LogP contribution >= 0.6 is 0 Å². The lowest BCUT2D eigenvalue weighted by Gasteiger charge is -2.25. The van der Waals surface area contributed by atoms with Crippen molar-refractivity contribution in [3.8, 4) is 16.9 Å². The summed E-state index contributed by atoms with van der Waals surface area (Å²) in [6.45, 7) is 1.47. The largest absolute Gasteiger partial charge is 0.495 e. The SMILES string of the molecule is COc1cc(-c2cn[nH]c2)ccc1NC(=O)N(CCN(C)C)Cc1cccc(F)c1. The van der Waals surface area contributed by atoms with Gasteiger partial charge in [-0.1, -0.05) is 18.2 Å². The minimum Gasteiger partial charge on any atom is -0.495 e. The van der Waals surface area contributed by atoms with E-state index in [1.54, 1.807) is 42.6 Å². The number of nitrogens with zero attached hydrogens (tertiary/aromatic N) is 3. The van der Waals surface area contributed by atoms with Crippen LogP contribution in [0.25, 0.3) is 11.1 Å². The Labute approximate surface area is 175 Å². The number of methoxy groups -OCH3 is 1. The highest BCUT2D eigenvalue weighted by Gasteiger charge is 2.17. The highest BCUT2D eigenvalue weighted by molar-refractivity contribution is 5.91. The van der Waals surface area contributed by atoms with Crippen molar-refractivity contribution in [2.75, 3.05) is 39.6 Å². The van der Waals surface area contributed by atoms with E-state index in [1.807, 2.05) is 31.1 Å². The summed E-state index contributed by atoms with van der Waals surface area (Å²) in [6.07, 6.45) is 3.50. The van der Waals surface area contributed by atoms with Gasteiger partial charge in [0, 0.05) is 31.4 Å². The van der Waals surface area contributed by atoms with Gasteiger partial charge in [-0.25, -0.2) is 9.18 Å². The molecule has 1 heterocycles. The lowest BCUT2D eigenvalue weighted by molar-refractivity contribution is 0.202. The van der Waals surface area contributed by atoms with E-state index >= 15 is 0 Å². The van der Waals surface area contributed by atoms with Crippen LogP contribution in [0.4, 0.5) is 14.9 Å². The summed E-state index contributed by atoms with van der Waals surface area (Å²) in [5, 5.41) is 9.65. The van der Waals surface area contributed by atoms with Crippen LogP contribution in [-0.2, 0) is 6.54 Å². The lowest BCUT2D eigenvalue weighted by atomic mass is 10.1. The van der Waals surface area contributed by atoms with Crippen LogP contribution in [0.15, 0.2) is 54.9 Å². The van der Waals surface area contributed by atoms with Crippen LogP contribution in [0.2, 0.25) is 0 Å². The summed E-state index contributed by atoms with van der Waals surface area (Å²) < 4.78 is 19.1. The number of hydrogen-bond donors (Lipinski definition) is 2. The highest BCUT2D eigenvalue weighted by Crippen LogP contribution is 2.30. The van der Waals surface area contributed by atoms with Gasteiger partial charge in [-0.05, 0) is 49.5 Å². The molecule has 2 N–H and O–H groups in total. The number of halogens is 1. The summed E-state index contributed by atoms with van der Waals surface area (Å²) >= 11 is 0. The number of ether oxygens (including phenoxy) is 1. The third-order valence-corrected chi connectivity index (χ3v) is 4.64. The van der Waals surface area contributed by atoms with Crippen molar-refractivity contribution in [1.82, 2.24) is 20.0 Å². The minimum atomic E-state index is -0.322. The summed E-state index contributed by atoms with van der Waals surface area (Å²) in [6, 6.07) is 11.5. The number of carbonyl (C=O) groups excluding carboxylic acids is 1. The van der Waals surface area contributed by atoms with Gasteiger partial charge in [-0.2, -0.15) is 5.10 Å².